The van der Waals surface area contributed by atoms with Crippen molar-refractivity contribution in [3.05, 3.63) is 34.3 Å². The molecule has 0 bridgehead atoms. The van der Waals surface area contributed by atoms with E-state index < -0.39 is 0 Å². The fraction of sp³-hybridized carbons (Fsp3) is 0.600. The minimum absolute atomic E-state index is 0.531. The molecule has 2 heterocycles. The van der Waals surface area contributed by atoms with E-state index in [1.807, 2.05) is 0 Å². The van der Waals surface area contributed by atoms with Gasteiger partial charge in [-0.15, -0.1) is 0 Å². The number of thioether (sulfide) groups is 1. The standard InChI is InChI=1S/C15H20BrNS/c1-11-15(7-9-18-11)6-8-17-10-14(15)12-2-4-13(16)5-3-12/h2-5,11,14,17H,6-10H2,1H3. The summed E-state index contributed by atoms with van der Waals surface area (Å²) in [7, 11) is 0. The SMILES string of the molecule is CC1SCCC12CCNCC2c1ccc(Br)cc1. The van der Waals surface area contributed by atoms with Crippen LogP contribution >= 0.6 is 27.7 Å². The van der Waals surface area contributed by atoms with Gasteiger partial charge in [0.1, 0.15) is 0 Å². The van der Waals surface area contributed by atoms with Crippen molar-refractivity contribution in [1.29, 1.82) is 0 Å². The number of hydrogen-bond acceptors (Lipinski definition) is 2. The second-order valence-electron chi connectivity index (χ2n) is 5.55. The summed E-state index contributed by atoms with van der Waals surface area (Å²) in [6, 6.07) is 8.98. The largest absolute Gasteiger partial charge is 0.316 e. The van der Waals surface area contributed by atoms with E-state index in [0.717, 1.165) is 11.8 Å². The van der Waals surface area contributed by atoms with E-state index in [4.69, 9.17) is 0 Å². The van der Waals surface area contributed by atoms with E-state index in [1.165, 1.54) is 35.2 Å². The maximum absolute atomic E-state index is 3.60. The lowest BCUT2D eigenvalue weighted by atomic mass is 9.64. The van der Waals surface area contributed by atoms with Crippen LogP contribution in [0.25, 0.3) is 0 Å². The molecule has 0 aromatic heterocycles. The minimum Gasteiger partial charge on any atom is -0.316 e. The predicted molar refractivity (Wildman–Crippen MR) is 83.3 cm³/mol. The summed E-state index contributed by atoms with van der Waals surface area (Å²) in [6.07, 6.45) is 2.73. The van der Waals surface area contributed by atoms with E-state index in [-0.39, 0.29) is 0 Å². The van der Waals surface area contributed by atoms with Crippen LogP contribution in [0.15, 0.2) is 28.7 Å². The number of nitrogens with one attached hydrogen (secondary N) is 1. The van der Waals surface area contributed by atoms with E-state index in [0.29, 0.717) is 11.3 Å². The van der Waals surface area contributed by atoms with E-state index in [2.05, 4.69) is 64.2 Å². The molecule has 1 N–H and O–H groups in total. The van der Waals surface area contributed by atoms with Crippen molar-refractivity contribution in [3.63, 3.8) is 0 Å². The molecule has 2 saturated heterocycles. The summed E-state index contributed by atoms with van der Waals surface area (Å²) in [5.41, 5.74) is 2.05. The van der Waals surface area contributed by atoms with Gasteiger partial charge in [0, 0.05) is 22.2 Å². The van der Waals surface area contributed by atoms with Gasteiger partial charge in [0.15, 0.2) is 0 Å². The Morgan fingerprint density at radius 2 is 2.06 bits per heavy atom. The van der Waals surface area contributed by atoms with Crippen LogP contribution in [-0.4, -0.2) is 24.1 Å². The first kappa shape index (κ1) is 13.0. The van der Waals surface area contributed by atoms with Crippen LogP contribution in [0.4, 0.5) is 0 Å². The van der Waals surface area contributed by atoms with Crippen molar-refractivity contribution in [2.45, 2.75) is 30.9 Å². The average Bonchev–Trinajstić information content (AvgIpc) is 2.74. The van der Waals surface area contributed by atoms with Crippen LogP contribution in [0.3, 0.4) is 0 Å². The molecule has 0 saturated carbocycles. The molecule has 1 aromatic carbocycles. The monoisotopic (exact) mass is 325 g/mol. The van der Waals surface area contributed by atoms with Gasteiger partial charge < -0.3 is 5.32 Å². The Morgan fingerprint density at radius 3 is 2.72 bits per heavy atom. The number of hydrogen-bond donors (Lipinski definition) is 1. The smallest absolute Gasteiger partial charge is 0.0175 e. The summed E-state index contributed by atoms with van der Waals surface area (Å²) < 4.78 is 1.18. The highest BCUT2D eigenvalue weighted by Crippen LogP contribution is 2.55. The zero-order valence-electron chi connectivity index (χ0n) is 10.8. The van der Waals surface area contributed by atoms with Gasteiger partial charge >= 0.3 is 0 Å². The molecule has 1 aromatic rings. The molecule has 1 nitrogen and oxygen atoms in total. The van der Waals surface area contributed by atoms with E-state index >= 15 is 0 Å². The van der Waals surface area contributed by atoms with Crippen LogP contribution in [0.5, 0.6) is 0 Å². The van der Waals surface area contributed by atoms with Crippen molar-refractivity contribution < 1.29 is 0 Å². The number of halogens is 1. The Kier molecular flexibility index (Phi) is 3.75. The molecule has 2 aliphatic rings. The Bertz CT molecular complexity index is 419. The van der Waals surface area contributed by atoms with Crippen molar-refractivity contribution in [1.82, 2.24) is 5.32 Å². The summed E-state index contributed by atoms with van der Waals surface area (Å²) in [4.78, 5) is 0. The van der Waals surface area contributed by atoms with Gasteiger partial charge in [-0.25, -0.2) is 0 Å². The third-order valence-corrected chi connectivity index (χ3v) is 6.76. The maximum atomic E-state index is 3.60. The van der Waals surface area contributed by atoms with Gasteiger partial charge in [0.2, 0.25) is 0 Å². The first-order chi connectivity index (χ1) is 8.72. The van der Waals surface area contributed by atoms with Crippen LogP contribution in [0.1, 0.15) is 31.2 Å². The zero-order valence-corrected chi connectivity index (χ0v) is 13.2. The molecule has 1 spiro atoms. The quantitative estimate of drug-likeness (QED) is 0.836. The summed E-state index contributed by atoms with van der Waals surface area (Å²) in [6.45, 7) is 4.78. The van der Waals surface area contributed by atoms with Crippen LogP contribution < -0.4 is 5.32 Å². The topological polar surface area (TPSA) is 12.0 Å². The molecule has 2 aliphatic heterocycles. The van der Waals surface area contributed by atoms with E-state index in [1.54, 1.807) is 0 Å². The second kappa shape index (κ2) is 5.18. The highest BCUT2D eigenvalue weighted by molar-refractivity contribution is 9.10. The molecule has 0 amide bonds. The third-order valence-electron chi connectivity index (χ3n) is 4.83. The fourth-order valence-electron chi connectivity index (χ4n) is 3.67. The molecule has 3 heteroatoms. The van der Waals surface area contributed by atoms with Crippen LogP contribution in [-0.2, 0) is 0 Å². The van der Waals surface area contributed by atoms with Gasteiger partial charge in [0.05, 0.1) is 0 Å². The van der Waals surface area contributed by atoms with Crippen molar-refractivity contribution in [2.24, 2.45) is 5.41 Å². The van der Waals surface area contributed by atoms with Gasteiger partial charge in [-0.3, -0.25) is 0 Å². The first-order valence-corrected chi connectivity index (χ1v) is 8.64. The molecule has 3 rings (SSSR count). The van der Waals surface area contributed by atoms with Gasteiger partial charge in [0.25, 0.3) is 0 Å². The summed E-state index contributed by atoms with van der Waals surface area (Å²) in [5, 5.41) is 4.40. The number of piperidine rings is 1. The normalized spacial score (nSPS) is 36.1. The molecular weight excluding hydrogens is 306 g/mol. The van der Waals surface area contributed by atoms with Crippen molar-refractivity contribution in [3.8, 4) is 0 Å². The molecule has 18 heavy (non-hydrogen) atoms. The first-order valence-electron chi connectivity index (χ1n) is 6.80. The molecule has 98 valence electrons. The lowest BCUT2D eigenvalue weighted by Gasteiger charge is -2.45. The molecular formula is C15H20BrNS. The Morgan fingerprint density at radius 1 is 1.28 bits per heavy atom. The maximum Gasteiger partial charge on any atom is 0.0175 e. The summed E-state index contributed by atoms with van der Waals surface area (Å²) >= 11 is 5.70. The molecule has 3 unspecified atom stereocenters. The Labute approximate surface area is 122 Å². The fourth-order valence-corrected chi connectivity index (χ4v) is 5.52. The van der Waals surface area contributed by atoms with Crippen molar-refractivity contribution in [2.75, 3.05) is 18.8 Å². The summed E-state index contributed by atoms with van der Waals surface area (Å²) in [5.74, 6) is 2.03. The lowest BCUT2D eigenvalue weighted by Crippen LogP contribution is -2.46. The third kappa shape index (κ3) is 2.14. The lowest BCUT2D eigenvalue weighted by molar-refractivity contribution is 0.166. The minimum atomic E-state index is 0.531. The molecule has 2 fully saturated rings. The van der Waals surface area contributed by atoms with Gasteiger partial charge in [-0.1, -0.05) is 35.0 Å². The predicted octanol–water partition coefficient (Wildman–Crippen LogP) is 4.04. The molecule has 3 atom stereocenters. The Balaban J connectivity index is 1.95. The highest BCUT2D eigenvalue weighted by atomic mass is 79.9. The van der Waals surface area contributed by atoms with Crippen molar-refractivity contribution >= 4 is 27.7 Å². The molecule has 0 aliphatic carbocycles. The van der Waals surface area contributed by atoms with Crippen LogP contribution in [0.2, 0.25) is 0 Å². The van der Waals surface area contributed by atoms with E-state index in [9.17, 15) is 0 Å². The van der Waals surface area contributed by atoms with Gasteiger partial charge in [-0.05, 0) is 48.3 Å². The number of benzene rings is 1. The highest BCUT2D eigenvalue weighted by Gasteiger charge is 2.48. The zero-order chi connectivity index (χ0) is 12.6. The Hall–Kier alpha value is 0.01000. The molecule has 0 radical (unpaired) electrons. The second-order valence-corrected chi connectivity index (χ2v) is 7.92. The number of rotatable bonds is 1. The van der Waals surface area contributed by atoms with Gasteiger partial charge in [-0.2, -0.15) is 11.8 Å². The van der Waals surface area contributed by atoms with Crippen LogP contribution in [0, 0.1) is 5.41 Å². The average molecular weight is 326 g/mol.